The second kappa shape index (κ2) is 9.96. The van der Waals surface area contributed by atoms with E-state index >= 15 is 0 Å². The fourth-order valence-electron chi connectivity index (χ4n) is 4.31. The molecule has 1 saturated heterocycles. The van der Waals surface area contributed by atoms with Crippen LogP contribution < -0.4 is 15.0 Å². The van der Waals surface area contributed by atoms with Crippen molar-refractivity contribution in [3.8, 4) is 22.9 Å². The monoisotopic (exact) mass is 434 g/mol. The van der Waals surface area contributed by atoms with Crippen LogP contribution in [0.4, 0.5) is 0 Å². The number of likely N-dealkylation sites (tertiary alicyclic amines) is 1. The summed E-state index contributed by atoms with van der Waals surface area (Å²) in [4.78, 5) is 26.6. The van der Waals surface area contributed by atoms with E-state index in [1.54, 1.807) is 25.6 Å². The summed E-state index contributed by atoms with van der Waals surface area (Å²) < 4.78 is 11.2. The molecule has 32 heavy (non-hydrogen) atoms. The van der Waals surface area contributed by atoms with Gasteiger partial charge in [0, 0.05) is 43.0 Å². The molecule has 1 atom stereocenters. The smallest absolute Gasteiger partial charge is 0.251 e. The standard InChI is InChI=1S/C25H30N4O3/c1-4-32-23-12-20(17(2)11-22(23)31-3)16-29-10-6-8-19(15-29)21-13-24(30)28-25(27-21)18-7-5-9-26-14-18/h5,7,9,11-14,19H,4,6,8,10,15-16H2,1-3H3,(H,27,28,30). The van der Waals surface area contributed by atoms with Crippen LogP contribution in [-0.2, 0) is 6.54 Å². The Bertz CT molecular complexity index is 1110. The largest absolute Gasteiger partial charge is 0.493 e. The maximum absolute atomic E-state index is 12.3. The number of aromatic nitrogens is 3. The number of H-pyrrole nitrogens is 1. The van der Waals surface area contributed by atoms with Crippen LogP contribution in [-0.4, -0.2) is 46.7 Å². The lowest BCUT2D eigenvalue weighted by atomic mass is 9.93. The molecule has 1 N–H and O–H groups in total. The van der Waals surface area contributed by atoms with Crippen LogP contribution in [0, 0.1) is 6.92 Å². The number of nitrogens with zero attached hydrogens (tertiary/aromatic N) is 3. The number of hydrogen-bond donors (Lipinski definition) is 1. The van der Waals surface area contributed by atoms with Gasteiger partial charge in [-0.05, 0) is 68.6 Å². The van der Waals surface area contributed by atoms with Gasteiger partial charge in [-0.15, -0.1) is 0 Å². The number of benzene rings is 1. The molecule has 3 heterocycles. The minimum absolute atomic E-state index is 0.127. The summed E-state index contributed by atoms with van der Waals surface area (Å²) in [5, 5.41) is 0. The number of piperidine rings is 1. The molecule has 168 valence electrons. The van der Waals surface area contributed by atoms with Gasteiger partial charge in [-0.1, -0.05) is 0 Å². The Labute approximate surface area is 188 Å². The lowest BCUT2D eigenvalue weighted by molar-refractivity contribution is 0.197. The van der Waals surface area contributed by atoms with Gasteiger partial charge in [0.2, 0.25) is 0 Å². The third-order valence-electron chi connectivity index (χ3n) is 5.94. The summed E-state index contributed by atoms with van der Waals surface area (Å²) >= 11 is 0. The average Bonchev–Trinajstić information content (AvgIpc) is 2.81. The molecular weight excluding hydrogens is 404 g/mol. The van der Waals surface area contributed by atoms with Gasteiger partial charge in [-0.3, -0.25) is 14.7 Å². The Morgan fingerprint density at radius 3 is 2.88 bits per heavy atom. The van der Waals surface area contributed by atoms with E-state index in [-0.39, 0.29) is 11.5 Å². The molecule has 3 aromatic rings. The first-order valence-electron chi connectivity index (χ1n) is 11.1. The second-order valence-corrected chi connectivity index (χ2v) is 8.20. The Morgan fingerprint density at radius 2 is 2.12 bits per heavy atom. The van der Waals surface area contributed by atoms with Crippen molar-refractivity contribution in [1.82, 2.24) is 19.9 Å². The van der Waals surface area contributed by atoms with E-state index in [1.807, 2.05) is 25.1 Å². The van der Waals surface area contributed by atoms with E-state index < -0.39 is 0 Å². The molecule has 0 radical (unpaired) electrons. The van der Waals surface area contributed by atoms with Crippen LogP contribution in [0.3, 0.4) is 0 Å². The number of nitrogens with one attached hydrogen (secondary N) is 1. The van der Waals surface area contributed by atoms with E-state index in [2.05, 4.69) is 27.9 Å². The molecule has 0 saturated carbocycles. The van der Waals surface area contributed by atoms with Gasteiger partial charge >= 0.3 is 0 Å². The van der Waals surface area contributed by atoms with Crippen LogP contribution in [0.1, 0.15) is 42.5 Å². The number of aryl methyl sites for hydroxylation is 1. The third kappa shape index (κ3) is 4.99. The maximum Gasteiger partial charge on any atom is 0.251 e. The molecule has 1 unspecified atom stereocenters. The highest BCUT2D eigenvalue weighted by Gasteiger charge is 2.24. The molecular formula is C25H30N4O3. The zero-order valence-corrected chi connectivity index (χ0v) is 18.9. The van der Waals surface area contributed by atoms with Crippen molar-refractivity contribution in [3.63, 3.8) is 0 Å². The molecule has 1 aliphatic heterocycles. The second-order valence-electron chi connectivity index (χ2n) is 8.20. The third-order valence-corrected chi connectivity index (χ3v) is 5.94. The van der Waals surface area contributed by atoms with Crippen LogP contribution in [0.5, 0.6) is 11.5 Å². The van der Waals surface area contributed by atoms with Gasteiger partial charge in [-0.2, -0.15) is 0 Å². The molecule has 1 aliphatic rings. The molecule has 1 fully saturated rings. The molecule has 1 aromatic carbocycles. The summed E-state index contributed by atoms with van der Waals surface area (Å²) in [6, 6.07) is 9.52. The number of pyridine rings is 1. The first-order chi connectivity index (χ1) is 15.6. The molecule has 0 amide bonds. The van der Waals surface area contributed by atoms with Crippen molar-refractivity contribution < 1.29 is 9.47 Å². The fraction of sp³-hybridized carbons (Fsp3) is 0.400. The van der Waals surface area contributed by atoms with Crippen molar-refractivity contribution in [1.29, 1.82) is 0 Å². The van der Waals surface area contributed by atoms with Gasteiger partial charge < -0.3 is 14.5 Å². The highest BCUT2D eigenvalue weighted by molar-refractivity contribution is 5.52. The van der Waals surface area contributed by atoms with E-state index in [9.17, 15) is 4.79 Å². The van der Waals surface area contributed by atoms with Crippen LogP contribution in [0.15, 0.2) is 47.5 Å². The molecule has 0 aliphatic carbocycles. The van der Waals surface area contributed by atoms with Crippen LogP contribution in [0.25, 0.3) is 11.4 Å². The van der Waals surface area contributed by atoms with E-state index in [4.69, 9.17) is 14.5 Å². The van der Waals surface area contributed by atoms with Crippen molar-refractivity contribution in [2.75, 3.05) is 26.8 Å². The number of aromatic amines is 1. The first kappa shape index (κ1) is 22.0. The van der Waals surface area contributed by atoms with Gasteiger partial charge in [0.25, 0.3) is 5.56 Å². The van der Waals surface area contributed by atoms with Crippen LogP contribution >= 0.6 is 0 Å². The predicted octanol–water partition coefficient (Wildman–Crippen LogP) is 3.93. The number of methoxy groups -OCH3 is 1. The van der Waals surface area contributed by atoms with Crippen LogP contribution in [0.2, 0.25) is 0 Å². The zero-order valence-electron chi connectivity index (χ0n) is 18.9. The van der Waals surface area contributed by atoms with Gasteiger partial charge in [0.05, 0.1) is 19.4 Å². The summed E-state index contributed by atoms with van der Waals surface area (Å²) in [7, 11) is 1.67. The lowest BCUT2D eigenvalue weighted by Gasteiger charge is -2.33. The number of rotatable bonds is 7. The highest BCUT2D eigenvalue weighted by atomic mass is 16.5. The predicted molar refractivity (Wildman–Crippen MR) is 124 cm³/mol. The summed E-state index contributed by atoms with van der Waals surface area (Å²) in [6.45, 7) is 7.38. The molecule has 0 bridgehead atoms. The van der Waals surface area contributed by atoms with Crippen molar-refractivity contribution >= 4 is 0 Å². The zero-order chi connectivity index (χ0) is 22.5. The Kier molecular flexibility index (Phi) is 6.85. The lowest BCUT2D eigenvalue weighted by Crippen LogP contribution is -2.35. The van der Waals surface area contributed by atoms with Crippen molar-refractivity contribution in [3.05, 3.63) is 69.9 Å². The van der Waals surface area contributed by atoms with Crippen molar-refractivity contribution in [2.45, 2.75) is 39.2 Å². The van der Waals surface area contributed by atoms with Gasteiger partial charge in [0.1, 0.15) is 5.82 Å². The topological polar surface area (TPSA) is 80.3 Å². The Morgan fingerprint density at radius 1 is 1.25 bits per heavy atom. The first-order valence-corrected chi connectivity index (χ1v) is 11.1. The van der Waals surface area contributed by atoms with E-state index in [0.29, 0.717) is 12.4 Å². The SMILES string of the molecule is CCOc1cc(CN2CCCC(c3cc(=O)[nH]c(-c4cccnc4)n3)C2)c(C)cc1OC. The Balaban J connectivity index is 1.54. The maximum atomic E-state index is 12.3. The van der Waals surface area contributed by atoms with Gasteiger partial charge in [0.15, 0.2) is 11.5 Å². The number of hydrogen-bond acceptors (Lipinski definition) is 6. The molecule has 7 heteroatoms. The molecule has 4 rings (SSSR count). The van der Waals surface area contributed by atoms with Gasteiger partial charge in [-0.25, -0.2) is 4.98 Å². The number of ether oxygens (including phenoxy) is 2. The van der Waals surface area contributed by atoms with E-state index in [0.717, 1.165) is 55.2 Å². The summed E-state index contributed by atoms with van der Waals surface area (Å²) in [5.41, 5.74) is 3.94. The quantitative estimate of drug-likeness (QED) is 0.607. The normalized spacial score (nSPS) is 16.7. The molecule has 2 aromatic heterocycles. The minimum atomic E-state index is -0.127. The van der Waals surface area contributed by atoms with Crippen molar-refractivity contribution in [2.24, 2.45) is 0 Å². The summed E-state index contributed by atoms with van der Waals surface area (Å²) in [5.74, 6) is 2.33. The average molecular weight is 435 g/mol. The Hall–Kier alpha value is -3.19. The minimum Gasteiger partial charge on any atom is -0.493 e. The highest BCUT2D eigenvalue weighted by Crippen LogP contribution is 2.33. The molecule has 7 nitrogen and oxygen atoms in total. The van der Waals surface area contributed by atoms with E-state index in [1.165, 1.54) is 11.1 Å². The summed E-state index contributed by atoms with van der Waals surface area (Å²) in [6.07, 6.45) is 5.51. The fourth-order valence-corrected chi connectivity index (χ4v) is 4.31. The molecule has 0 spiro atoms.